The Labute approximate surface area is 197 Å². The van der Waals surface area contributed by atoms with Crippen LogP contribution in [-0.2, 0) is 17.1 Å². The van der Waals surface area contributed by atoms with Gasteiger partial charge in [-0.15, -0.1) is 21.5 Å². The predicted molar refractivity (Wildman–Crippen MR) is 129 cm³/mol. The molecule has 8 nitrogen and oxygen atoms in total. The summed E-state index contributed by atoms with van der Waals surface area (Å²) in [5.41, 5.74) is 7.23. The number of benzene rings is 2. The maximum Gasteiger partial charge on any atom is 0.248 e. The molecule has 2 aromatic carbocycles. The minimum atomic E-state index is -0.505. The topological polar surface area (TPSA) is 116 Å². The Kier molecular flexibility index (Phi) is 7.08. The molecule has 0 saturated carbocycles. The number of primary amides is 1. The Hall–Kier alpha value is -2.89. The van der Waals surface area contributed by atoms with E-state index in [4.69, 9.17) is 5.73 Å². The van der Waals surface area contributed by atoms with Gasteiger partial charge in [-0.05, 0) is 43.3 Å². The van der Waals surface area contributed by atoms with Gasteiger partial charge in [0.25, 0.3) is 0 Å². The van der Waals surface area contributed by atoms with Gasteiger partial charge in [-0.1, -0.05) is 35.7 Å². The molecule has 0 radical (unpaired) electrons. The number of hydrogen-bond donors (Lipinski definition) is 2. The number of carbonyl (C=O) groups is 2. The highest BCUT2D eigenvalue weighted by atomic mass is 32.2. The first kappa shape index (κ1) is 22.3. The van der Waals surface area contributed by atoms with Gasteiger partial charge in [0, 0.05) is 17.8 Å². The number of nitrogens with two attached hydrogens (primary N) is 1. The Morgan fingerprint density at radius 3 is 2.59 bits per heavy atom. The number of nitrogens with zero attached hydrogens (tertiary/aromatic N) is 4. The number of fused-ring (bicyclic) bond motifs is 1. The number of anilines is 1. The third-order valence-electron chi connectivity index (χ3n) is 4.49. The van der Waals surface area contributed by atoms with Gasteiger partial charge in [0.05, 0.1) is 21.7 Å². The van der Waals surface area contributed by atoms with Crippen LogP contribution in [0.25, 0.3) is 10.2 Å². The fraction of sp³-hybridized carbons (Fsp3) is 0.190. The van der Waals surface area contributed by atoms with E-state index in [0.29, 0.717) is 28.7 Å². The highest BCUT2D eigenvalue weighted by Gasteiger charge is 2.15. The Morgan fingerprint density at radius 1 is 1.09 bits per heavy atom. The average molecular weight is 485 g/mol. The number of thiazole rings is 1. The average Bonchev–Trinajstić information content (AvgIpc) is 3.39. The predicted octanol–water partition coefficient (Wildman–Crippen LogP) is 4.03. The maximum atomic E-state index is 12.3. The van der Waals surface area contributed by atoms with Crippen molar-refractivity contribution in [2.75, 3.05) is 11.1 Å². The third-order valence-corrected chi connectivity index (χ3v) is 7.64. The summed E-state index contributed by atoms with van der Waals surface area (Å²) in [5, 5.41) is 12.1. The minimum Gasteiger partial charge on any atom is -0.366 e. The second kappa shape index (κ2) is 10.2. The van der Waals surface area contributed by atoms with Gasteiger partial charge < -0.3 is 15.6 Å². The Bertz CT molecular complexity index is 1220. The van der Waals surface area contributed by atoms with Gasteiger partial charge in [-0.25, -0.2) is 4.98 Å². The van der Waals surface area contributed by atoms with Crippen molar-refractivity contribution in [2.24, 2.45) is 5.73 Å². The molecular formula is C21H20N6O2S3. The first-order chi connectivity index (χ1) is 15.5. The van der Waals surface area contributed by atoms with Crippen molar-refractivity contribution >= 4 is 62.6 Å². The number of hydrogen-bond acceptors (Lipinski definition) is 8. The highest BCUT2D eigenvalue weighted by molar-refractivity contribution is 8.00. The third kappa shape index (κ3) is 5.29. The Balaban J connectivity index is 1.34. The fourth-order valence-electron chi connectivity index (χ4n) is 2.93. The molecule has 0 aliphatic rings. The summed E-state index contributed by atoms with van der Waals surface area (Å²) < 4.78 is 4.17. The van der Waals surface area contributed by atoms with Crippen LogP contribution in [0.1, 0.15) is 23.1 Å². The van der Waals surface area contributed by atoms with Crippen LogP contribution >= 0.6 is 34.9 Å². The first-order valence-corrected chi connectivity index (χ1v) is 12.5. The molecule has 2 amide bonds. The molecule has 2 aromatic heterocycles. The zero-order valence-corrected chi connectivity index (χ0v) is 19.6. The molecule has 3 N–H and O–H groups in total. The van der Waals surface area contributed by atoms with Crippen molar-refractivity contribution in [3.63, 3.8) is 0 Å². The fourth-order valence-corrected chi connectivity index (χ4v) is 5.76. The van der Waals surface area contributed by atoms with Crippen molar-refractivity contribution < 1.29 is 9.59 Å². The van der Waals surface area contributed by atoms with Gasteiger partial charge in [0.2, 0.25) is 11.8 Å². The van der Waals surface area contributed by atoms with Crippen molar-refractivity contribution in [2.45, 2.75) is 28.7 Å². The van der Waals surface area contributed by atoms with Gasteiger partial charge in [0.1, 0.15) is 5.82 Å². The number of para-hydroxylation sites is 1. The molecule has 4 aromatic rings. The summed E-state index contributed by atoms with van der Waals surface area (Å²) in [6.07, 6.45) is 0. The molecule has 0 unspecified atom stereocenters. The van der Waals surface area contributed by atoms with E-state index in [9.17, 15) is 9.59 Å². The van der Waals surface area contributed by atoms with E-state index >= 15 is 0 Å². The summed E-state index contributed by atoms with van der Waals surface area (Å²) >= 11 is 4.63. The van der Waals surface area contributed by atoms with Crippen molar-refractivity contribution in [1.82, 2.24) is 19.7 Å². The van der Waals surface area contributed by atoms with Crippen LogP contribution in [0.4, 0.5) is 5.69 Å². The van der Waals surface area contributed by atoms with E-state index in [2.05, 4.69) is 26.6 Å². The van der Waals surface area contributed by atoms with E-state index in [1.165, 1.54) is 16.5 Å². The lowest BCUT2D eigenvalue weighted by Crippen LogP contribution is -2.15. The zero-order valence-electron chi connectivity index (χ0n) is 17.1. The van der Waals surface area contributed by atoms with E-state index in [1.54, 1.807) is 47.4 Å². The van der Waals surface area contributed by atoms with Crippen molar-refractivity contribution in [3.8, 4) is 0 Å². The van der Waals surface area contributed by atoms with Crippen LogP contribution in [0.3, 0.4) is 0 Å². The van der Waals surface area contributed by atoms with Crippen LogP contribution < -0.4 is 11.1 Å². The maximum absolute atomic E-state index is 12.3. The second-order valence-corrected chi connectivity index (χ2v) is 9.85. The van der Waals surface area contributed by atoms with Gasteiger partial charge in [-0.3, -0.25) is 9.59 Å². The van der Waals surface area contributed by atoms with Crippen LogP contribution in [0.5, 0.6) is 0 Å². The van der Waals surface area contributed by atoms with Gasteiger partial charge >= 0.3 is 0 Å². The molecule has 2 heterocycles. The molecule has 0 spiro atoms. The van der Waals surface area contributed by atoms with Crippen LogP contribution in [0, 0.1) is 0 Å². The monoisotopic (exact) mass is 484 g/mol. The van der Waals surface area contributed by atoms with E-state index < -0.39 is 5.91 Å². The van der Waals surface area contributed by atoms with Gasteiger partial charge in [0.15, 0.2) is 9.50 Å². The number of carbonyl (C=O) groups excluding carboxylic acids is 2. The van der Waals surface area contributed by atoms with Crippen molar-refractivity contribution in [1.29, 1.82) is 0 Å². The first-order valence-electron chi connectivity index (χ1n) is 9.76. The molecule has 0 aliphatic carbocycles. The normalized spacial score (nSPS) is 11.0. The molecular weight excluding hydrogens is 464 g/mol. The second-order valence-electron chi connectivity index (χ2n) is 6.66. The van der Waals surface area contributed by atoms with Crippen LogP contribution in [-0.4, -0.2) is 37.3 Å². The highest BCUT2D eigenvalue weighted by Crippen LogP contribution is 2.31. The zero-order chi connectivity index (χ0) is 22.5. The molecule has 32 heavy (non-hydrogen) atoms. The molecule has 0 aliphatic heterocycles. The Morgan fingerprint density at radius 2 is 1.88 bits per heavy atom. The van der Waals surface area contributed by atoms with E-state index in [0.717, 1.165) is 15.7 Å². The lowest BCUT2D eigenvalue weighted by molar-refractivity contribution is -0.113. The summed E-state index contributed by atoms with van der Waals surface area (Å²) in [6, 6.07) is 14.5. The number of thioether (sulfide) groups is 2. The van der Waals surface area contributed by atoms with Crippen LogP contribution in [0.15, 0.2) is 58.0 Å². The van der Waals surface area contributed by atoms with E-state index in [1.807, 2.05) is 29.7 Å². The molecule has 0 saturated heterocycles. The molecule has 0 bridgehead atoms. The lowest BCUT2D eigenvalue weighted by atomic mass is 10.2. The largest absolute Gasteiger partial charge is 0.366 e. The molecule has 4 rings (SSSR count). The quantitative estimate of drug-likeness (QED) is 0.345. The van der Waals surface area contributed by atoms with E-state index in [-0.39, 0.29) is 11.7 Å². The van der Waals surface area contributed by atoms with Gasteiger partial charge in [-0.2, -0.15) is 0 Å². The smallest absolute Gasteiger partial charge is 0.248 e. The molecule has 11 heteroatoms. The summed E-state index contributed by atoms with van der Waals surface area (Å²) in [7, 11) is 0. The molecule has 0 atom stereocenters. The minimum absolute atomic E-state index is 0.169. The lowest BCUT2D eigenvalue weighted by Gasteiger charge is -2.07. The standard InChI is InChI=1S/C21H20N6O2S3/c1-2-27-17(11-31-21-24-15-5-3-4-6-16(15)32-21)25-26-20(27)30-12-18(28)23-14-9-7-13(8-10-14)19(22)29/h3-10H,2,11-12H2,1H3,(H2,22,29)(H,23,28). The summed E-state index contributed by atoms with van der Waals surface area (Å²) in [4.78, 5) is 28.1. The number of aromatic nitrogens is 4. The number of amides is 2. The number of rotatable bonds is 9. The SMILES string of the molecule is CCn1c(CSc2nc3ccccc3s2)nnc1SCC(=O)Nc1ccc(C(N)=O)cc1. The van der Waals surface area contributed by atoms with Crippen molar-refractivity contribution in [3.05, 3.63) is 59.9 Å². The molecule has 0 fully saturated rings. The summed E-state index contributed by atoms with van der Waals surface area (Å²) in [6.45, 7) is 2.74. The summed E-state index contributed by atoms with van der Waals surface area (Å²) in [5.74, 6) is 1.02. The molecule has 164 valence electrons. The number of nitrogens with one attached hydrogen (secondary N) is 1. The van der Waals surface area contributed by atoms with Crippen LogP contribution in [0.2, 0.25) is 0 Å².